The van der Waals surface area contributed by atoms with Gasteiger partial charge in [0.05, 0.1) is 19.1 Å². The first-order chi connectivity index (χ1) is 15.5. The fourth-order valence-electron chi connectivity index (χ4n) is 2.86. The lowest BCUT2D eigenvalue weighted by atomic mass is 10.1. The molecule has 32 heavy (non-hydrogen) atoms. The van der Waals surface area contributed by atoms with Crippen LogP contribution in [0.5, 0.6) is 11.5 Å². The monoisotopic (exact) mass is 430 g/mol. The second kappa shape index (κ2) is 10.6. The van der Waals surface area contributed by atoms with Crippen LogP contribution in [-0.2, 0) is 4.79 Å². The molecule has 0 unspecified atom stereocenters. The standard InChI is InChI=1S/C25H22N2O5/c1-31-23-15-20(16-24(17-23)32-2)4-3-18-5-10-21(11-6-18)26-25(28)14-9-19-7-12-22(13-8-19)27(29)30/h3-17H,1-2H3,(H,26,28)/b4-3+,14-9+. The maximum Gasteiger partial charge on any atom is 0.269 e. The van der Waals surface area contributed by atoms with E-state index in [0.717, 1.165) is 11.1 Å². The highest BCUT2D eigenvalue weighted by Crippen LogP contribution is 2.24. The van der Waals surface area contributed by atoms with Crippen LogP contribution in [0.25, 0.3) is 18.2 Å². The van der Waals surface area contributed by atoms with Crippen molar-refractivity contribution in [2.75, 3.05) is 19.5 Å². The Hall–Kier alpha value is -4.39. The SMILES string of the molecule is COc1cc(/C=C/c2ccc(NC(=O)/C=C/c3ccc([N+](=O)[O-])cc3)cc2)cc(OC)c1. The number of benzene rings is 3. The average Bonchev–Trinajstić information content (AvgIpc) is 2.82. The summed E-state index contributed by atoms with van der Waals surface area (Å²) in [6.45, 7) is 0. The van der Waals surface area contributed by atoms with E-state index in [1.54, 1.807) is 32.4 Å². The lowest BCUT2D eigenvalue weighted by molar-refractivity contribution is -0.384. The Balaban J connectivity index is 1.60. The Bertz CT molecular complexity index is 1130. The van der Waals surface area contributed by atoms with E-state index in [4.69, 9.17) is 9.47 Å². The van der Waals surface area contributed by atoms with Crippen LogP contribution in [0, 0.1) is 10.1 Å². The van der Waals surface area contributed by atoms with Crippen molar-refractivity contribution in [1.29, 1.82) is 0 Å². The molecule has 162 valence electrons. The van der Waals surface area contributed by atoms with Crippen molar-refractivity contribution in [3.8, 4) is 11.5 Å². The number of nitro benzene ring substituents is 1. The molecule has 7 nitrogen and oxygen atoms in total. The zero-order valence-electron chi connectivity index (χ0n) is 17.6. The Morgan fingerprint density at radius 2 is 1.34 bits per heavy atom. The highest BCUT2D eigenvalue weighted by molar-refractivity contribution is 6.02. The van der Waals surface area contributed by atoms with Gasteiger partial charge in [0.2, 0.25) is 5.91 Å². The molecule has 0 aliphatic carbocycles. The number of nitrogens with one attached hydrogen (secondary N) is 1. The molecule has 1 amide bonds. The van der Waals surface area contributed by atoms with E-state index in [2.05, 4.69) is 5.32 Å². The lowest BCUT2D eigenvalue weighted by Gasteiger charge is -2.06. The molecule has 0 spiro atoms. The smallest absolute Gasteiger partial charge is 0.269 e. The Kier molecular flexibility index (Phi) is 7.37. The molecule has 3 aromatic rings. The molecule has 0 atom stereocenters. The molecule has 1 N–H and O–H groups in total. The molecule has 0 fully saturated rings. The van der Waals surface area contributed by atoms with E-state index in [9.17, 15) is 14.9 Å². The number of nitrogens with zero attached hydrogens (tertiary/aromatic N) is 1. The van der Waals surface area contributed by atoms with Gasteiger partial charge in [0.15, 0.2) is 0 Å². The summed E-state index contributed by atoms with van der Waals surface area (Å²) in [5, 5.41) is 13.5. The Labute approximate surface area is 185 Å². The second-order valence-corrected chi connectivity index (χ2v) is 6.77. The molecule has 0 saturated heterocycles. The summed E-state index contributed by atoms with van der Waals surface area (Å²) in [6, 6.07) is 19.0. The van der Waals surface area contributed by atoms with Gasteiger partial charge >= 0.3 is 0 Å². The van der Waals surface area contributed by atoms with Gasteiger partial charge < -0.3 is 14.8 Å². The molecule has 0 aliphatic heterocycles. The summed E-state index contributed by atoms with van der Waals surface area (Å²) in [7, 11) is 3.22. The van der Waals surface area contributed by atoms with Crippen LogP contribution < -0.4 is 14.8 Å². The van der Waals surface area contributed by atoms with Gasteiger partial charge in [0, 0.05) is 30.0 Å². The molecule has 0 heterocycles. The first kappa shape index (κ1) is 22.3. The summed E-state index contributed by atoms with van der Waals surface area (Å²) in [6.07, 6.45) is 6.88. The van der Waals surface area contributed by atoms with Gasteiger partial charge in [0.25, 0.3) is 5.69 Å². The van der Waals surface area contributed by atoms with Crippen molar-refractivity contribution in [2.45, 2.75) is 0 Å². The number of methoxy groups -OCH3 is 2. The summed E-state index contributed by atoms with van der Waals surface area (Å²) in [5.74, 6) is 1.13. The number of rotatable bonds is 8. The van der Waals surface area contributed by atoms with Crippen molar-refractivity contribution < 1.29 is 19.2 Å². The first-order valence-electron chi connectivity index (χ1n) is 9.71. The molecular formula is C25H22N2O5. The van der Waals surface area contributed by atoms with E-state index in [1.165, 1.54) is 18.2 Å². The number of anilines is 1. The molecule has 0 aliphatic rings. The molecule has 3 aromatic carbocycles. The summed E-state index contributed by atoms with van der Waals surface area (Å²) >= 11 is 0. The predicted molar refractivity (Wildman–Crippen MR) is 126 cm³/mol. The van der Waals surface area contributed by atoms with E-state index < -0.39 is 4.92 Å². The van der Waals surface area contributed by atoms with E-state index in [-0.39, 0.29) is 11.6 Å². The van der Waals surface area contributed by atoms with Gasteiger partial charge in [-0.15, -0.1) is 0 Å². The van der Waals surface area contributed by atoms with E-state index in [0.29, 0.717) is 22.7 Å². The molecule has 7 heteroatoms. The van der Waals surface area contributed by atoms with Crippen LogP contribution in [0.15, 0.2) is 72.8 Å². The zero-order valence-corrected chi connectivity index (χ0v) is 17.6. The van der Waals surface area contributed by atoms with Crippen molar-refractivity contribution in [3.05, 3.63) is 99.6 Å². The normalized spacial score (nSPS) is 10.9. The fraction of sp³-hybridized carbons (Fsp3) is 0.0800. The van der Waals surface area contributed by atoms with Gasteiger partial charge in [-0.05, 0) is 59.2 Å². The fourth-order valence-corrected chi connectivity index (χ4v) is 2.86. The van der Waals surface area contributed by atoms with Crippen LogP contribution in [0.3, 0.4) is 0 Å². The minimum atomic E-state index is -0.466. The summed E-state index contributed by atoms with van der Waals surface area (Å²) in [4.78, 5) is 22.3. The second-order valence-electron chi connectivity index (χ2n) is 6.77. The molecule has 3 rings (SSSR count). The highest BCUT2D eigenvalue weighted by Gasteiger charge is 2.03. The number of nitro groups is 1. The maximum atomic E-state index is 12.1. The third-order valence-electron chi connectivity index (χ3n) is 4.55. The van der Waals surface area contributed by atoms with Gasteiger partial charge in [0.1, 0.15) is 11.5 Å². The van der Waals surface area contributed by atoms with E-state index >= 15 is 0 Å². The van der Waals surface area contributed by atoms with E-state index in [1.807, 2.05) is 54.6 Å². The Morgan fingerprint density at radius 1 is 0.812 bits per heavy atom. The van der Waals surface area contributed by atoms with Crippen molar-refractivity contribution in [2.24, 2.45) is 0 Å². The highest BCUT2D eigenvalue weighted by atomic mass is 16.6. The maximum absolute atomic E-state index is 12.1. The number of ether oxygens (including phenoxy) is 2. The molecule has 0 saturated carbocycles. The van der Waals surface area contributed by atoms with Crippen LogP contribution in [-0.4, -0.2) is 25.1 Å². The minimum absolute atomic E-state index is 0.00581. The summed E-state index contributed by atoms with van der Waals surface area (Å²) < 4.78 is 10.6. The van der Waals surface area contributed by atoms with Crippen molar-refractivity contribution in [3.63, 3.8) is 0 Å². The topological polar surface area (TPSA) is 90.7 Å². The van der Waals surface area contributed by atoms with Crippen molar-refractivity contribution >= 4 is 35.5 Å². The molecule has 0 aromatic heterocycles. The average molecular weight is 430 g/mol. The van der Waals surface area contributed by atoms with Crippen molar-refractivity contribution in [1.82, 2.24) is 0 Å². The third kappa shape index (κ3) is 6.30. The first-order valence-corrected chi connectivity index (χ1v) is 9.71. The van der Waals surface area contributed by atoms with Gasteiger partial charge in [-0.3, -0.25) is 14.9 Å². The van der Waals surface area contributed by atoms with Gasteiger partial charge in [-0.1, -0.05) is 24.3 Å². The van der Waals surface area contributed by atoms with Gasteiger partial charge in [-0.2, -0.15) is 0 Å². The largest absolute Gasteiger partial charge is 0.497 e. The number of amides is 1. The zero-order chi connectivity index (χ0) is 22.9. The third-order valence-corrected chi connectivity index (χ3v) is 4.55. The minimum Gasteiger partial charge on any atom is -0.497 e. The predicted octanol–water partition coefficient (Wildman–Crippen LogP) is 5.43. The number of carbonyl (C=O) groups excluding carboxylic acids is 1. The quantitative estimate of drug-likeness (QED) is 0.223. The van der Waals surface area contributed by atoms with Crippen LogP contribution in [0.2, 0.25) is 0 Å². The Morgan fingerprint density at radius 3 is 1.91 bits per heavy atom. The molecular weight excluding hydrogens is 408 g/mol. The van der Waals surface area contributed by atoms with Crippen LogP contribution in [0.4, 0.5) is 11.4 Å². The van der Waals surface area contributed by atoms with Crippen LogP contribution in [0.1, 0.15) is 16.7 Å². The summed E-state index contributed by atoms with van der Waals surface area (Å²) in [5.41, 5.74) is 3.26. The number of carbonyl (C=O) groups is 1. The molecule has 0 radical (unpaired) electrons. The number of non-ortho nitro benzene ring substituents is 1. The van der Waals surface area contributed by atoms with Gasteiger partial charge in [-0.25, -0.2) is 0 Å². The lowest BCUT2D eigenvalue weighted by Crippen LogP contribution is -2.07. The van der Waals surface area contributed by atoms with Crippen LogP contribution >= 0.6 is 0 Å². The number of hydrogen-bond acceptors (Lipinski definition) is 5. The molecule has 0 bridgehead atoms. The number of hydrogen-bond donors (Lipinski definition) is 1.